The van der Waals surface area contributed by atoms with Crippen molar-refractivity contribution in [1.82, 2.24) is 0 Å². The maximum atomic E-state index is 14.2. The van der Waals surface area contributed by atoms with Crippen molar-refractivity contribution in [1.29, 1.82) is 0 Å². The van der Waals surface area contributed by atoms with Gasteiger partial charge in [0.1, 0.15) is 6.17 Å². The molecule has 18 heavy (non-hydrogen) atoms. The Morgan fingerprint density at radius 3 is 2.44 bits per heavy atom. The molecule has 2 unspecified atom stereocenters. The van der Waals surface area contributed by atoms with Gasteiger partial charge in [0.15, 0.2) is 0 Å². The second-order valence-corrected chi connectivity index (χ2v) is 4.56. The number of halogens is 1. The van der Waals surface area contributed by atoms with Gasteiger partial charge in [-0.15, -0.1) is 0 Å². The van der Waals surface area contributed by atoms with Gasteiger partial charge >= 0.3 is 7.12 Å². The summed E-state index contributed by atoms with van der Waals surface area (Å²) in [7, 11) is -1.69. The lowest BCUT2D eigenvalue weighted by atomic mass is 9.52. The van der Waals surface area contributed by atoms with E-state index in [4.69, 9.17) is 0 Å². The number of hydrogen-bond donors (Lipinski definition) is 2. The summed E-state index contributed by atoms with van der Waals surface area (Å²) in [5.41, 5.74) is 1.70. The van der Waals surface area contributed by atoms with Crippen molar-refractivity contribution in [3.8, 4) is 0 Å². The molecule has 0 spiro atoms. The highest BCUT2D eigenvalue weighted by atomic mass is 19.1. The van der Waals surface area contributed by atoms with Crippen LogP contribution in [0.2, 0.25) is 5.31 Å². The van der Waals surface area contributed by atoms with Crippen LogP contribution in [0.15, 0.2) is 48.6 Å². The summed E-state index contributed by atoms with van der Waals surface area (Å²) in [5, 5.41) is 17.6. The van der Waals surface area contributed by atoms with Crippen molar-refractivity contribution in [3.63, 3.8) is 0 Å². The third-order valence-electron chi connectivity index (χ3n) is 3.61. The first-order chi connectivity index (χ1) is 8.60. The lowest BCUT2D eigenvalue weighted by Gasteiger charge is -2.33. The third kappa shape index (κ3) is 2.14. The van der Waals surface area contributed by atoms with Crippen molar-refractivity contribution >= 4 is 12.7 Å². The Morgan fingerprint density at radius 2 is 1.94 bits per heavy atom. The monoisotopic (exact) mass is 246 g/mol. The van der Waals surface area contributed by atoms with Crippen LogP contribution in [0.25, 0.3) is 5.57 Å². The fraction of sp³-hybridized carbons (Fsp3) is 0.286. The minimum Gasteiger partial charge on any atom is -0.426 e. The largest absolute Gasteiger partial charge is 0.465 e. The second kappa shape index (κ2) is 5.08. The molecule has 94 valence electrons. The number of rotatable bonds is 3. The van der Waals surface area contributed by atoms with Crippen LogP contribution in [0.1, 0.15) is 18.9 Å². The van der Waals surface area contributed by atoms with Gasteiger partial charge in [-0.25, -0.2) is 4.39 Å². The topological polar surface area (TPSA) is 40.5 Å². The van der Waals surface area contributed by atoms with Crippen molar-refractivity contribution in [2.45, 2.75) is 24.8 Å². The first-order valence-electron chi connectivity index (χ1n) is 6.07. The predicted molar refractivity (Wildman–Crippen MR) is 71.6 cm³/mol. The Hall–Kier alpha value is -1.39. The van der Waals surface area contributed by atoms with Crippen LogP contribution in [-0.4, -0.2) is 23.3 Å². The van der Waals surface area contributed by atoms with Crippen molar-refractivity contribution < 1.29 is 14.4 Å². The molecule has 4 heteroatoms. The van der Waals surface area contributed by atoms with E-state index in [1.165, 1.54) is 6.08 Å². The average molecular weight is 246 g/mol. The van der Waals surface area contributed by atoms with Gasteiger partial charge in [0.2, 0.25) is 0 Å². The van der Waals surface area contributed by atoms with Gasteiger partial charge in [0.25, 0.3) is 0 Å². The Balaban J connectivity index is 2.33. The molecule has 0 aromatic heterocycles. The SMILES string of the molecule is CCC1(B(O)O)C=CC(c2ccccc2)=CC1F. The highest BCUT2D eigenvalue weighted by molar-refractivity contribution is 6.47. The zero-order valence-corrected chi connectivity index (χ0v) is 10.3. The molecule has 0 amide bonds. The molecular formula is C14H16BFO2. The van der Waals surface area contributed by atoms with Gasteiger partial charge in [-0.2, -0.15) is 0 Å². The maximum absolute atomic E-state index is 14.2. The molecule has 1 aliphatic rings. The van der Waals surface area contributed by atoms with Gasteiger partial charge < -0.3 is 10.0 Å². The van der Waals surface area contributed by atoms with E-state index >= 15 is 0 Å². The first-order valence-corrected chi connectivity index (χ1v) is 6.07. The fourth-order valence-electron chi connectivity index (χ4n) is 2.25. The van der Waals surface area contributed by atoms with E-state index < -0.39 is 18.6 Å². The molecule has 1 aromatic rings. The summed E-state index contributed by atoms with van der Waals surface area (Å²) < 4.78 is 14.2. The minimum atomic E-state index is -1.69. The number of allylic oxidation sites excluding steroid dienone is 4. The van der Waals surface area contributed by atoms with E-state index in [1.54, 1.807) is 19.1 Å². The molecule has 2 N–H and O–H groups in total. The quantitative estimate of drug-likeness (QED) is 0.805. The maximum Gasteiger partial charge on any atom is 0.465 e. The summed E-state index contributed by atoms with van der Waals surface area (Å²) in [6.07, 6.45) is 3.72. The number of benzene rings is 1. The molecule has 0 saturated heterocycles. The van der Waals surface area contributed by atoms with Crippen LogP contribution in [0, 0.1) is 0 Å². The van der Waals surface area contributed by atoms with Gasteiger partial charge in [-0.1, -0.05) is 49.4 Å². The Labute approximate surface area is 107 Å². The predicted octanol–water partition coefficient (Wildman–Crippen LogP) is 2.60. The van der Waals surface area contributed by atoms with E-state index in [0.29, 0.717) is 6.42 Å². The van der Waals surface area contributed by atoms with E-state index in [-0.39, 0.29) is 0 Å². The smallest absolute Gasteiger partial charge is 0.426 e. The van der Waals surface area contributed by atoms with E-state index in [2.05, 4.69) is 0 Å². The molecule has 0 heterocycles. The molecule has 0 saturated carbocycles. The fourth-order valence-corrected chi connectivity index (χ4v) is 2.25. The highest BCUT2D eigenvalue weighted by Crippen LogP contribution is 2.45. The molecule has 0 bridgehead atoms. The third-order valence-corrected chi connectivity index (χ3v) is 3.61. The Kier molecular flexibility index (Phi) is 3.69. The van der Waals surface area contributed by atoms with Crippen molar-refractivity contribution in [3.05, 3.63) is 54.1 Å². The molecule has 2 rings (SSSR count). The van der Waals surface area contributed by atoms with Crippen LogP contribution in [0.4, 0.5) is 4.39 Å². The molecule has 2 atom stereocenters. The van der Waals surface area contributed by atoms with Crippen molar-refractivity contribution in [2.24, 2.45) is 0 Å². The lowest BCUT2D eigenvalue weighted by Crippen LogP contribution is -2.39. The number of hydrogen-bond acceptors (Lipinski definition) is 2. The summed E-state index contributed by atoms with van der Waals surface area (Å²) in [6.45, 7) is 1.75. The molecule has 0 fully saturated rings. The Morgan fingerprint density at radius 1 is 1.28 bits per heavy atom. The van der Waals surface area contributed by atoms with E-state index in [1.807, 2.05) is 30.3 Å². The van der Waals surface area contributed by atoms with Crippen LogP contribution < -0.4 is 0 Å². The van der Waals surface area contributed by atoms with Gasteiger partial charge in [-0.3, -0.25) is 0 Å². The second-order valence-electron chi connectivity index (χ2n) is 4.56. The molecule has 1 aliphatic carbocycles. The molecule has 2 nitrogen and oxygen atoms in total. The van der Waals surface area contributed by atoms with Crippen LogP contribution in [0.5, 0.6) is 0 Å². The Bertz CT molecular complexity index is 470. The molecule has 0 radical (unpaired) electrons. The van der Waals surface area contributed by atoms with Crippen molar-refractivity contribution in [2.75, 3.05) is 0 Å². The molecule has 0 aliphatic heterocycles. The van der Waals surface area contributed by atoms with E-state index in [9.17, 15) is 14.4 Å². The van der Waals surface area contributed by atoms with E-state index in [0.717, 1.165) is 11.1 Å². The minimum absolute atomic E-state index is 0.334. The highest BCUT2D eigenvalue weighted by Gasteiger charge is 2.46. The molecule has 1 aromatic carbocycles. The summed E-state index contributed by atoms with van der Waals surface area (Å²) in [6, 6.07) is 9.48. The lowest BCUT2D eigenvalue weighted by molar-refractivity contribution is 0.261. The van der Waals surface area contributed by atoms with Crippen LogP contribution in [-0.2, 0) is 0 Å². The van der Waals surface area contributed by atoms with Crippen LogP contribution in [0.3, 0.4) is 0 Å². The van der Waals surface area contributed by atoms with Gasteiger partial charge in [-0.05, 0) is 23.6 Å². The molecular weight excluding hydrogens is 230 g/mol. The van der Waals surface area contributed by atoms with Gasteiger partial charge in [0, 0.05) is 0 Å². The standard InChI is InChI=1S/C14H16BFO2/c1-2-14(15(17)18)9-8-12(10-13(14)16)11-6-4-3-5-7-11/h3-10,13,17-18H,2H2,1H3. The number of alkyl halides is 1. The summed E-state index contributed by atoms with van der Waals surface area (Å²) in [4.78, 5) is 0. The first kappa shape index (κ1) is 13.1. The average Bonchev–Trinajstić information content (AvgIpc) is 2.39. The summed E-state index contributed by atoms with van der Waals surface area (Å²) >= 11 is 0. The van der Waals surface area contributed by atoms with Crippen LogP contribution >= 0.6 is 0 Å². The zero-order chi connectivity index (χ0) is 13.2. The van der Waals surface area contributed by atoms with Gasteiger partial charge in [0.05, 0.1) is 5.31 Å². The summed E-state index contributed by atoms with van der Waals surface area (Å²) in [5.74, 6) is 0. The normalized spacial score (nSPS) is 26.9. The zero-order valence-electron chi connectivity index (χ0n) is 10.3.